The number of anilines is 3. The van der Waals surface area contributed by atoms with Crippen molar-refractivity contribution in [2.75, 3.05) is 57.2 Å². The molecular formula is C13H22N6. The molecule has 0 aliphatic rings. The highest BCUT2D eigenvalue weighted by Gasteiger charge is 2.13. The van der Waals surface area contributed by atoms with Crippen molar-refractivity contribution in [3.05, 3.63) is 18.3 Å². The summed E-state index contributed by atoms with van der Waals surface area (Å²) in [6.07, 6.45) is 1.91. The van der Waals surface area contributed by atoms with Gasteiger partial charge >= 0.3 is 0 Å². The predicted octanol–water partition coefficient (Wildman–Crippen LogP) is 0.956. The number of aromatic nitrogens is 2. The smallest absolute Gasteiger partial charge is 0.172 e. The van der Waals surface area contributed by atoms with Crippen molar-refractivity contribution in [1.82, 2.24) is 14.5 Å². The van der Waals surface area contributed by atoms with E-state index in [4.69, 9.17) is 5.73 Å². The first-order valence-electron chi connectivity index (χ1n) is 6.33. The maximum Gasteiger partial charge on any atom is 0.172 e. The lowest BCUT2D eigenvalue weighted by molar-refractivity contribution is 0.425. The maximum atomic E-state index is 6.21. The molecule has 6 nitrogen and oxygen atoms in total. The van der Waals surface area contributed by atoms with Gasteiger partial charge in [-0.1, -0.05) is 0 Å². The van der Waals surface area contributed by atoms with Crippen LogP contribution in [0.15, 0.2) is 18.3 Å². The minimum absolute atomic E-state index is 0.697. The van der Waals surface area contributed by atoms with E-state index in [1.807, 2.05) is 55.9 Å². The van der Waals surface area contributed by atoms with Gasteiger partial charge in [0.25, 0.3) is 0 Å². The summed E-state index contributed by atoms with van der Waals surface area (Å²) in [4.78, 5) is 4.15. The minimum atomic E-state index is 0.697. The first-order chi connectivity index (χ1) is 9.00. The van der Waals surface area contributed by atoms with Crippen LogP contribution in [0.4, 0.5) is 17.2 Å². The quantitative estimate of drug-likeness (QED) is 0.840. The Morgan fingerprint density at radius 2 is 2.05 bits per heavy atom. The van der Waals surface area contributed by atoms with Gasteiger partial charge in [0.2, 0.25) is 0 Å². The summed E-state index contributed by atoms with van der Waals surface area (Å²) in [6.45, 7) is 1.76. The minimum Gasteiger partial charge on any atom is -0.394 e. The summed E-state index contributed by atoms with van der Waals surface area (Å²) >= 11 is 0. The van der Waals surface area contributed by atoms with E-state index in [1.165, 1.54) is 0 Å². The van der Waals surface area contributed by atoms with Crippen molar-refractivity contribution in [1.29, 1.82) is 0 Å². The fourth-order valence-electron chi connectivity index (χ4n) is 1.99. The van der Waals surface area contributed by atoms with Crippen LogP contribution in [0.2, 0.25) is 0 Å². The predicted molar refractivity (Wildman–Crippen MR) is 81.0 cm³/mol. The van der Waals surface area contributed by atoms with Gasteiger partial charge in [-0.25, -0.2) is 4.52 Å². The second kappa shape index (κ2) is 5.36. The van der Waals surface area contributed by atoms with Gasteiger partial charge in [-0.2, -0.15) is 0 Å². The van der Waals surface area contributed by atoms with E-state index in [0.29, 0.717) is 5.69 Å². The van der Waals surface area contributed by atoms with Gasteiger partial charge in [-0.3, -0.25) is 0 Å². The molecule has 2 aromatic rings. The van der Waals surface area contributed by atoms with Crippen molar-refractivity contribution < 1.29 is 0 Å². The highest BCUT2D eigenvalue weighted by Crippen LogP contribution is 2.30. The summed E-state index contributed by atoms with van der Waals surface area (Å²) in [7, 11) is 8.08. The fourth-order valence-corrected chi connectivity index (χ4v) is 1.99. The Morgan fingerprint density at radius 1 is 1.32 bits per heavy atom. The number of nitrogens with one attached hydrogen (secondary N) is 1. The topological polar surface area (TPSA) is 61.8 Å². The number of nitrogen functional groups attached to an aromatic ring is 1. The third-order valence-electron chi connectivity index (χ3n) is 3.00. The summed E-state index contributed by atoms with van der Waals surface area (Å²) in [5, 5.41) is 7.77. The Bertz CT molecular complexity index is 558. The number of hydrogen-bond acceptors (Lipinski definition) is 5. The Morgan fingerprint density at radius 3 is 2.68 bits per heavy atom. The molecule has 0 saturated heterocycles. The molecule has 0 amide bonds. The summed E-state index contributed by atoms with van der Waals surface area (Å²) in [5.41, 5.74) is 8.91. The van der Waals surface area contributed by atoms with Gasteiger partial charge in [0.15, 0.2) is 5.82 Å². The molecular weight excluding hydrogens is 240 g/mol. The molecule has 3 N–H and O–H groups in total. The maximum absolute atomic E-state index is 6.21. The van der Waals surface area contributed by atoms with Crippen LogP contribution in [0.3, 0.4) is 0 Å². The number of nitrogens with zero attached hydrogens (tertiary/aromatic N) is 4. The van der Waals surface area contributed by atoms with E-state index in [0.717, 1.165) is 30.1 Å². The Hall–Kier alpha value is -1.95. The Labute approximate surface area is 113 Å². The van der Waals surface area contributed by atoms with Crippen LogP contribution in [0.5, 0.6) is 0 Å². The van der Waals surface area contributed by atoms with E-state index in [2.05, 4.69) is 15.3 Å². The van der Waals surface area contributed by atoms with Crippen LogP contribution in [-0.4, -0.2) is 55.8 Å². The van der Waals surface area contributed by atoms with Gasteiger partial charge < -0.3 is 20.9 Å². The first kappa shape index (κ1) is 13.5. The van der Waals surface area contributed by atoms with Gasteiger partial charge in [-0.15, -0.1) is 5.10 Å². The lowest BCUT2D eigenvalue weighted by Gasteiger charge is -2.13. The molecule has 19 heavy (non-hydrogen) atoms. The molecule has 0 fully saturated rings. The third-order valence-corrected chi connectivity index (χ3v) is 3.00. The van der Waals surface area contributed by atoms with E-state index in [1.54, 1.807) is 0 Å². The van der Waals surface area contributed by atoms with Crippen molar-refractivity contribution in [3.63, 3.8) is 0 Å². The molecule has 0 atom stereocenters. The zero-order valence-electron chi connectivity index (χ0n) is 12.0. The second-order valence-electron chi connectivity index (χ2n) is 5.07. The van der Waals surface area contributed by atoms with Crippen molar-refractivity contribution in [2.45, 2.75) is 0 Å². The highest BCUT2D eigenvalue weighted by molar-refractivity contribution is 5.90. The summed E-state index contributed by atoms with van der Waals surface area (Å²) in [5.74, 6) is 0.746. The molecule has 0 aromatic carbocycles. The van der Waals surface area contributed by atoms with Crippen LogP contribution in [0.1, 0.15) is 0 Å². The van der Waals surface area contributed by atoms with Crippen LogP contribution < -0.4 is 16.0 Å². The van der Waals surface area contributed by atoms with E-state index >= 15 is 0 Å². The molecule has 0 radical (unpaired) electrons. The number of nitrogens with two attached hydrogens (primary N) is 1. The monoisotopic (exact) mass is 262 g/mol. The van der Waals surface area contributed by atoms with Crippen LogP contribution in [0.25, 0.3) is 5.52 Å². The lowest BCUT2D eigenvalue weighted by atomic mass is 10.3. The zero-order valence-corrected chi connectivity index (χ0v) is 12.0. The Balaban J connectivity index is 2.32. The van der Waals surface area contributed by atoms with Gasteiger partial charge in [-0.05, 0) is 26.2 Å². The molecule has 0 bridgehead atoms. The number of likely N-dealkylation sites (N-methyl/N-ethyl adjacent to an activating group) is 1. The molecule has 2 aromatic heterocycles. The largest absolute Gasteiger partial charge is 0.394 e. The summed E-state index contributed by atoms with van der Waals surface area (Å²) in [6, 6.07) is 4.01. The third kappa shape index (κ3) is 2.73. The number of fused-ring (bicyclic) bond motifs is 1. The highest BCUT2D eigenvalue weighted by atomic mass is 15.3. The van der Waals surface area contributed by atoms with E-state index in [-0.39, 0.29) is 0 Å². The van der Waals surface area contributed by atoms with E-state index in [9.17, 15) is 0 Å². The van der Waals surface area contributed by atoms with Crippen LogP contribution >= 0.6 is 0 Å². The average Bonchev–Trinajstić information content (AvgIpc) is 2.66. The van der Waals surface area contributed by atoms with Crippen molar-refractivity contribution >= 4 is 22.7 Å². The average molecular weight is 262 g/mol. The van der Waals surface area contributed by atoms with Gasteiger partial charge in [0.05, 0.1) is 5.69 Å². The van der Waals surface area contributed by atoms with Crippen LogP contribution in [0, 0.1) is 0 Å². The van der Waals surface area contributed by atoms with E-state index < -0.39 is 0 Å². The van der Waals surface area contributed by atoms with Crippen molar-refractivity contribution in [3.8, 4) is 0 Å². The van der Waals surface area contributed by atoms with Crippen molar-refractivity contribution in [2.24, 2.45) is 0 Å². The normalized spacial score (nSPS) is 11.2. The number of pyridine rings is 1. The lowest BCUT2D eigenvalue weighted by Crippen LogP contribution is -2.21. The standard InChI is InChI=1S/C13H22N6/c1-17(2)9-7-15-13-11(14)12-10(18(3)4)6-5-8-19(12)16-13/h5-6,8H,7,9,14H2,1-4H3,(H,15,16). The zero-order chi connectivity index (χ0) is 14.0. The molecule has 2 heterocycles. The Kier molecular flexibility index (Phi) is 3.80. The second-order valence-corrected chi connectivity index (χ2v) is 5.07. The molecule has 0 unspecified atom stereocenters. The molecule has 0 spiro atoms. The molecule has 104 valence electrons. The van der Waals surface area contributed by atoms with Gasteiger partial charge in [0, 0.05) is 33.4 Å². The van der Waals surface area contributed by atoms with Crippen LogP contribution in [-0.2, 0) is 0 Å². The summed E-state index contributed by atoms with van der Waals surface area (Å²) < 4.78 is 1.82. The number of rotatable bonds is 5. The molecule has 0 aliphatic carbocycles. The van der Waals surface area contributed by atoms with Gasteiger partial charge in [0.1, 0.15) is 11.2 Å². The fraction of sp³-hybridized carbons (Fsp3) is 0.462. The molecule has 6 heteroatoms. The first-order valence-corrected chi connectivity index (χ1v) is 6.33. The SMILES string of the molecule is CN(C)CCNc1nn2cccc(N(C)C)c2c1N. The molecule has 2 rings (SSSR count). The molecule has 0 aliphatic heterocycles. The number of hydrogen-bond donors (Lipinski definition) is 2. The molecule has 0 saturated carbocycles.